The number of carbonyl (C=O) groups excluding carboxylic acids is 1. The molecule has 0 aliphatic heterocycles. The van der Waals surface area contributed by atoms with E-state index in [-0.39, 0.29) is 17.9 Å². The highest BCUT2D eigenvalue weighted by molar-refractivity contribution is 6.02. The van der Waals surface area contributed by atoms with Crippen LogP contribution in [0.3, 0.4) is 0 Å². The Morgan fingerprint density at radius 2 is 2.03 bits per heavy atom. The van der Waals surface area contributed by atoms with Crippen LogP contribution in [0.1, 0.15) is 42.6 Å². The third kappa shape index (κ3) is 4.76. The summed E-state index contributed by atoms with van der Waals surface area (Å²) in [4.78, 5) is 21.6. The van der Waals surface area contributed by atoms with Gasteiger partial charge in [0.15, 0.2) is 23.2 Å². The van der Waals surface area contributed by atoms with Crippen molar-refractivity contribution in [2.75, 3.05) is 17.4 Å². The molecule has 0 radical (unpaired) electrons. The van der Waals surface area contributed by atoms with Gasteiger partial charge in [0.1, 0.15) is 17.8 Å². The quantitative estimate of drug-likeness (QED) is 0.177. The predicted molar refractivity (Wildman–Crippen MR) is 138 cm³/mol. The number of rotatable bonds is 9. The van der Waals surface area contributed by atoms with E-state index in [4.69, 9.17) is 10.6 Å². The van der Waals surface area contributed by atoms with Gasteiger partial charge < -0.3 is 15.2 Å². The second-order valence-electron chi connectivity index (χ2n) is 8.92. The molecule has 0 atom stereocenters. The van der Waals surface area contributed by atoms with Gasteiger partial charge in [-0.3, -0.25) is 19.2 Å². The molecule has 37 heavy (non-hydrogen) atoms. The zero-order chi connectivity index (χ0) is 26.1. The van der Waals surface area contributed by atoms with Crippen LogP contribution in [0.15, 0.2) is 49.1 Å². The molecule has 0 amide bonds. The van der Waals surface area contributed by atoms with Gasteiger partial charge in [0.2, 0.25) is 0 Å². The first-order valence-electron chi connectivity index (χ1n) is 12.0. The largest absolute Gasteiger partial charge is 0.494 e. The van der Waals surface area contributed by atoms with Crippen LogP contribution in [0.2, 0.25) is 0 Å². The number of hydrogen-bond acceptors (Lipinski definition) is 10. The van der Waals surface area contributed by atoms with Gasteiger partial charge in [0.05, 0.1) is 36.1 Å². The molecule has 4 aromatic rings. The van der Waals surface area contributed by atoms with Crippen molar-refractivity contribution in [2.45, 2.75) is 38.3 Å². The SMILES string of the molecule is CCC(=O)c1cnc(Nc2ccn([C@H]3C[C@@H](O)C3)n2)cc1N(N)c1cccc(-c2ncn(C)n2)c1OC. The molecular weight excluding hydrogens is 474 g/mol. The lowest BCUT2D eigenvalue weighted by Gasteiger charge is -2.31. The van der Waals surface area contributed by atoms with Crippen molar-refractivity contribution in [2.24, 2.45) is 12.9 Å². The van der Waals surface area contributed by atoms with Crippen LogP contribution < -0.4 is 20.9 Å². The molecule has 3 aromatic heterocycles. The van der Waals surface area contributed by atoms with Crippen LogP contribution in [0.25, 0.3) is 11.4 Å². The molecule has 0 saturated heterocycles. The summed E-state index contributed by atoms with van der Waals surface area (Å²) < 4.78 is 9.17. The molecule has 1 aliphatic rings. The molecule has 12 heteroatoms. The van der Waals surface area contributed by atoms with E-state index < -0.39 is 0 Å². The molecule has 192 valence electrons. The Morgan fingerprint density at radius 3 is 2.70 bits per heavy atom. The van der Waals surface area contributed by atoms with Gasteiger partial charge in [0.25, 0.3) is 0 Å². The number of anilines is 4. The van der Waals surface area contributed by atoms with Crippen LogP contribution in [-0.2, 0) is 7.05 Å². The molecular formula is C25H29N9O3. The van der Waals surface area contributed by atoms with Crippen molar-refractivity contribution in [1.82, 2.24) is 29.5 Å². The van der Waals surface area contributed by atoms with E-state index in [0.29, 0.717) is 65.0 Å². The second kappa shape index (κ2) is 9.99. The number of ether oxygens (including phenoxy) is 1. The van der Waals surface area contributed by atoms with Crippen LogP contribution in [0.4, 0.5) is 23.0 Å². The number of aryl methyl sites for hydroxylation is 1. The lowest BCUT2D eigenvalue weighted by Crippen LogP contribution is -2.31. The molecule has 5 rings (SSSR count). The van der Waals surface area contributed by atoms with Crippen LogP contribution in [-0.4, -0.2) is 53.6 Å². The number of carbonyl (C=O) groups is 1. The number of hydrogen-bond donors (Lipinski definition) is 3. The molecule has 0 unspecified atom stereocenters. The molecule has 1 fully saturated rings. The molecule has 3 heterocycles. The van der Waals surface area contributed by atoms with E-state index in [1.54, 1.807) is 44.2 Å². The zero-order valence-corrected chi connectivity index (χ0v) is 20.9. The first kappa shape index (κ1) is 24.4. The smallest absolute Gasteiger partial charge is 0.184 e. The predicted octanol–water partition coefficient (Wildman–Crippen LogP) is 3.13. The summed E-state index contributed by atoms with van der Waals surface area (Å²) in [5.74, 6) is 8.57. The van der Waals surface area contributed by atoms with Crippen LogP contribution in [0, 0.1) is 0 Å². The fraction of sp³-hybridized carbons (Fsp3) is 0.320. The van der Waals surface area contributed by atoms with Crippen molar-refractivity contribution in [3.8, 4) is 17.1 Å². The number of Topliss-reactive ketones (excluding diaryl/α,β-unsaturated/α-hetero) is 1. The number of nitrogens with two attached hydrogens (primary N) is 1. The molecule has 1 aromatic carbocycles. The van der Waals surface area contributed by atoms with Gasteiger partial charge in [0, 0.05) is 38.0 Å². The number of pyridine rings is 1. The first-order chi connectivity index (χ1) is 17.9. The van der Waals surface area contributed by atoms with Crippen molar-refractivity contribution < 1.29 is 14.6 Å². The minimum atomic E-state index is -0.266. The molecule has 12 nitrogen and oxygen atoms in total. The maximum absolute atomic E-state index is 12.8. The topological polar surface area (TPSA) is 149 Å². The summed E-state index contributed by atoms with van der Waals surface area (Å²) in [6.45, 7) is 1.79. The Morgan fingerprint density at radius 1 is 1.22 bits per heavy atom. The second-order valence-corrected chi connectivity index (χ2v) is 8.92. The molecule has 4 N–H and O–H groups in total. The normalized spacial score (nSPS) is 16.8. The molecule has 0 spiro atoms. The summed E-state index contributed by atoms with van der Waals surface area (Å²) in [7, 11) is 3.34. The standard InChI is InChI=1S/C25H29N9O3/c1-4-21(36)18-13-27-23(29-22-8-9-33(30-22)15-10-16(35)11-15)12-20(18)34(26)19-7-5-6-17(24(19)37-3)25-28-14-32(2)31-25/h5-9,12-16,35H,4,10-11,26H2,1-3H3,(H,27,29,30)/t15-,16+. The monoisotopic (exact) mass is 503 g/mol. The van der Waals surface area contributed by atoms with E-state index in [9.17, 15) is 9.90 Å². The minimum absolute atomic E-state index is 0.0983. The number of methoxy groups -OCH3 is 1. The summed E-state index contributed by atoms with van der Waals surface area (Å²) in [5, 5.41) is 23.1. The van der Waals surface area contributed by atoms with E-state index in [1.807, 2.05) is 29.1 Å². The Kier molecular flexibility index (Phi) is 6.59. The highest BCUT2D eigenvalue weighted by Crippen LogP contribution is 2.40. The van der Waals surface area contributed by atoms with Crippen LogP contribution >= 0.6 is 0 Å². The molecule has 1 aliphatic carbocycles. The third-order valence-corrected chi connectivity index (χ3v) is 6.39. The number of nitrogens with one attached hydrogen (secondary N) is 1. The summed E-state index contributed by atoms with van der Waals surface area (Å²) in [6.07, 6.45) is 6.39. The van der Waals surface area contributed by atoms with E-state index in [2.05, 4.69) is 25.5 Å². The Balaban J connectivity index is 1.50. The number of aliphatic hydroxyl groups excluding tert-OH is 1. The number of para-hydroxylation sites is 1. The number of aromatic nitrogens is 6. The fourth-order valence-corrected chi connectivity index (χ4v) is 4.33. The number of benzene rings is 1. The van der Waals surface area contributed by atoms with Gasteiger partial charge in [-0.15, -0.1) is 0 Å². The third-order valence-electron chi connectivity index (χ3n) is 6.39. The average Bonchev–Trinajstić information content (AvgIpc) is 3.54. The first-order valence-corrected chi connectivity index (χ1v) is 12.0. The maximum Gasteiger partial charge on any atom is 0.184 e. The van der Waals surface area contributed by atoms with Crippen molar-refractivity contribution in [1.29, 1.82) is 0 Å². The van der Waals surface area contributed by atoms with Gasteiger partial charge in [-0.05, 0) is 25.0 Å². The highest BCUT2D eigenvalue weighted by Gasteiger charge is 2.29. The van der Waals surface area contributed by atoms with Crippen LogP contribution in [0.5, 0.6) is 5.75 Å². The van der Waals surface area contributed by atoms with E-state index in [1.165, 1.54) is 11.2 Å². The van der Waals surface area contributed by atoms with Gasteiger partial charge in [-0.2, -0.15) is 10.2 Å². The Labute approximate surface area is 213 Å². The average molecular weight is 504 g/mol. The summed E-state index contributed by atoms with van der Waals surface area (Å²) in [6, 6.07) is 9.21. The highest BCUT2D eigenvalue weighted by atomic mass is 16.5. The lowest BCUT2D eigenvalue weighted by molar-refractivity contribution is 0.0435. The van der Waals surface area contributed by atoms with E-state index in [0.717, 1.165) is 0 Å². The van der Waals surface area contributed by atoms with E-state index >= 15 is 0 Å². The maximum atomic E-state index is 12.8. The van der Waals surface area contributed by atoms with Crippen molar-refractivity contribution >= 4 is 28.8 Å². The fourth-order valence-electron chi connectivity index (χ4n) is 4.33. The molecule has 1 saturated carbocycles. The number of aliphatic hydroxyl groups is 1. The summed E-state index contributed by atoms with van der Waals surface area (Å²) >= 11 is 0. The number of hydrazine groups is 1. The minimum Gasteiger partial charge on any atom is -0.494 e. The molecule has 0 bridgehead atoms. The number of nitrogens with zero attached hydrogens (tertiary/aromatic N) is 7. The van der Waals surface area contributed by atoms with Gasteiger partial charge >= 0.3 is 0 Å². The lowest BCUT2D eigenvalue weighted by atomic mass is 9.90. The number of ketones is 1. The van der Waals surface area contributed by atoms with Crippen molar-refractivity contribution in [3.63, 3.8) is 0 Å². The van der Waals surface area contributed by atoms with Gasteiger partial charge in [-0.1, -0.05) is 13.0 Å². The van der Waals surface area contributed by atoms with Gasteiger partial charge in [-0.25, -0.2) is 15.8 Å². The Hall–Kier alpha value is -4.29. The Bertz CT molecular complexity index is 1420. The van der Waals surface area contributed by atoms with Crippen molar-refractivity contribution in [3.05, 3.63) is 54.6 Å². The summed E-state index contributed by atoms with van der Waals surface area (Å²) in [5.41, 5.74) is 2.03. The zero-order valence-electron chi connectivity index (χ0n) is 20.9.